The van der Waals surface area contributed by atoms with E-state index in [1.165, 1.54) is 5.56 Å². The van der Waals surface area contributed by atoms with Gasteiger partial charge in [-0.3, -0.25) is 9.78 Å². The Morgan fingerprint density at radius 2 is 1.92 bits per heavy atom. The Balaban J connectivity index is 0.00000104. The van der Waals surface area contributed by atoms with Gasteiger partial charge in [-0.15, -0.1) is 24.8 Å². The Morgan fingerprint density at radius 1 is 1.12 bits per heavy atom. The van der Waals surface area contributed by atoms with Crippen LogP contribution in [0.3, 0.4) is 0 Å². The minimum absolute atomic E-state index is 0. The fraction of sp³-hybridized carbons (Fsp3) is 0.333. The lowest BCUT2D eigenvalue weighted by atomic mass is 9.73. The lowest BCUT2D eigenvalue weighted by Gasteiger charge is -2.29. The second-order valence-electron chi connectivity index (χ2n) is 6.17. The van der Waals surface area contributed by atoms with Gasteiger partial charge in [-0.1, -0.05) is 30.3 Å². The summed E-state index contributed by atoms with van der Waals surface area (Å²) in [4.78, 5) is 19.2. The molecular weight excluding hydrogens is 345 g/mol. The summed E-state index contributed by atoms with van der Waals surface area (Å²) >= 11 is 0. The predicted molar refractivity (Wildman–Crippen MR) is 100 cm³/mol. The molecule has 0 bridgehead atoms. The van der Waals surface area contributed by atoms with Crippen LogP contribution in [0.2, 0.25) is 0 Å². The van der Waals surface area contributed by atoms with Crippen molar-refractivity contribution in [2.45, 2.75) is 12.3 Å². The average molecular weight is 366 g/mol. The first-order chi connectivity index (χ1) is 10.8. The minimum atomic E-state index is -0.308. The molecule has 4 rings (SSSR count). The number of anilines is 1. The summed E-state index contributed by atoms with van der Waals surface area (Å²) < 4.78 is 0. The summed E-state index contributed by atoms with van der Waals surface area (Å²) in [5.41, 5.74) is 1.86. The Hall–Kier alpha value is -1.62. The van der Waals surface area contributed by atoms with Crippen LogP contribution < -0.4 is 10.2 Å². The van der Waals surface area contributed by atoms with Crippen LogP contribution in [0.15, 0.2) is 54.9 Å². The molecule has 2 aliphatic heterocycles. The molecule has 24 heavy (non-hydrogen) atoms. The molecule has 6 heteroatoms. The van der Waals surface area contributed by atoms with Crippen LogP contribution in [0.1, 0.15) is 17.9 Å². The summed E-state index contributed by atoms with van der Waals surface area (Å²) in [6, 6.07) is 14.3. The van der Waals surface area contributed by atoms with Crippen molar-refractivity contribution in [1.82, 2.24) is 10.3 Å². The molecule has 1 aromatic heterocycles. The van der Waals surface area contributed by atoms with E-state index < -0.39 is 0 Å². The normalized spacial score (nSPS) is 25.4. The zero-order chi connectivity index (χ0) is 15.0. The molecule has 2 saturated heterocycles. The first-order valence-electron chi connectivity index (χ1n) is 7.79. The maximum absolute atomic E-state index is 13.2. The minimum Gasteiger partial charge on any atom is -0.315 e. The van der Waals surface area contributed by atoms with Crippen molar-refractivity contribution in [2.75, 3.05) is 24.5 Å². The highest BCUT2D eigenvalue weighted by atomic mass is 35.5. The average Bonchev–Trinajstić information content (AvgIpc) is 3.15. The quantitative estimate of drug-likeness (QED) is 0.889. The second-order valence-corrected chi connectivity index (χ2v) is 6.17. The maximum Gasteiger partial charge on any atom is 0.235 e. The number of carbonyl (C=O) groups excluding carboxylic acids is 1. The van der Waals surface area contributed by atoms with Gasteiger partial charge in [0, 0.05) is 31.7 Å². The molecule has 1 amide bonds. The van der Waals surface area contributed by atoms with Gasteiger partial charge in [-0.25, -0.2) is 0 Å². The van der Waals surface area contributed by atoms with E-state index in [4.69, 9.17) is 0 Å². The molecule has 3 heterocycles. The van der Waals surface area contributed by atoms with Gasteiger partial charge in [0.2, 0.25) is 5.91 Å². The number of halogens is 2. The molecule has 1 N–H and O–H groups in total. The molecule has 2 aliphatic rings. The van der Waals surface area contributed by atoms with E-state index in [2.05, 4.69) is 34.6 Å². The molecule has 0 radical (unpaired) electrons. The number of nitrogens with zero attached hydrogens (tertiary/aromatic N) is 2. The first kappa shape index (κ1) is 18.7. The van der Waals surface area contributed by atoms with Gasteiger partial charge in [0.25, 0.3) is 0 Å². The highest BCUT2D eigenvalue weighted by Crippen LogP contribution is 2.47. The Kier molecular flexibility index (Phi) is 5.86. The van der Waals surface area contributed by atoms with Gasteiger partial charge in [-0.2, -0.15) is 0 Å². The highest BCUT2D eigenvalue weighted by Gasteiger charge is 2.55. The maximum atomic E-state index is 13.2. The van der Waals surface area contributed by atoms with E-state index >= 15 is 0 Å². The third-order valence-corrected chi connectivity index (χ3v) is 5.07. The summed E-state index contributed by atoms with van der Waals surface area (Å²) in [6.45, 7) is 2.41. The standard InChI is InChI=1S/C18H19N3O.2ClH/c22-17-18(8-10-21(17)15-7-4-9-19-11-15)13-20-12-16(18)14-5-2-1-3-6-14;;/h1-7,9,11,16,20H,8,10,12-13H2;2*1H/t16-,18+;;/m0../s1. The number of benzene rings is 1. The number of hydrogen-bond acceptors (Lipinski definition) is 3. The largest absolute Gasteiger partial charge is 0.315 e. The molecule has 2 aromatic rings. The summed E-state index contributed by atoms with van der Waals surface area (Å²) in [5, 5.41) is 3.44. The zero-order valence-corrected chi connectivity index (χ0v) is 14.9. The van der Waals surface area contributed by atoms with Crippen LogP contribution >= 0.6 is 24.8 Å². The number of pyridine rings is 1. The van der Waals surface area contributed by atoms with Crippen LogP contribution in [0.4, 0.5) is 5.69 Å². The first-order valence-corrected chi connectivity index (χ1v) is 7.79. The van der Waals surface area contributed by atoms with Gasteiger partial charge in [0.1, 0.15) is 0 Å². The van der Waals surface area contributed by atoms with E-state index in [0.717, 1.165) is 31.7 Å². The number of nitrogens with one attached hydrogen (secondary N) is 1. The van der Waals surface area contributed by atoms with Crippen LogP contribution in [0, 0.1) is 5.41 Å². The second kappa shape index (κ2) is 7.51. The monoisotopic (exact) mass is 365 g/mol. The number of carbonyl (C=O) groups is 1. The fourth-order valence-corrected chi connectivity index (χ4v) is 3.92. The molecule has 0 unspecified atom stereocenters. The number of rotatable bonds is 2. The smallest absolute Gasteiger partial charge is 0.235 e. The van der Waals surface area contributed by atoms with Crippen molar-refractivity contribution in [2.24, 2.45) is 5.41 Å². The van der Waals surface area contributed by atoms with E-state index in [1.807, 2.05) is 23.1 Å². The van der Waals surface area contributed by atoms with Gasteiger partial charge >= 0.3 is 0 Å². The Bertz CT molecular complexity index is 683. The topological polar surface area (TPSA) is 45.2 Å². The summed E-state index contributed by atoms with van der Waals surface area (Å²) in [5.74, 6) is 0.488. The number of amides is 1. The van der Waals surface area contributed by atoms with Crippen molar-refractivity contribution in [1.29, 1.82) is 0 Å². The van der Waals surface area contributed by atoms with Crippen molar-refractivity contribution >= 4 is 36.4 Å². The highest BCUT2D eigenvalue weighted by molar-refractivity contribution is 6.01. The molecule has 1 aromatic carbocycles. The van der Waals surface area contributed by atoms with Crippen LogP contribution in [-0.4, -0.2) is 30.5 Å². The molecule has 2 fully saturated rings. The predicted octanol–water partition coefficient (Wildman–Crippen LogP) is 3.04. The molecule has 128 valence electrons. The molecule has 1 spiro atoms. The summed E-state index contributed by atoms with van der Waals surface area (Å²) in [6.07, 6.45) is 4.41. The fourth-order valence-electron chi connectivity index (χ4n) is 3.92. The summed E-state index contributed by atoms with van der Waals surface area (Å²) in [7, 11) is 0. The van der Waals surface area contributed by atoms with Crippen LogP contribution in [-0.2, 0) is 4.79 Å². The van der Waals surface area contributed by atoms with Gasteiger partial charge in [0.05, 0.1) is 17.3 Å². The number of aromatic nitrogens is 1. The van der Waals surface area contributed by atoms with Gasteiger partial charge in [-0.05, 0) is 24.1 Å². The lowest BCUT2D eigenvalue weighted by Crippen LogP contribution is -2.39. The molecule has 4 nitrogen and oxygen atoms in total. The molecule has 2 atom stereocenters. The van der Waals surface area contributed by atoms with Crippen molar-refractivity contribution in [3.05, 3.63) is 60.4 Å². The molecule has 0 aliphatic carbocycles. The van der Waals surface area contributed by atoms with Crippen LogP contribution in [0.25, 0.3) is 0 Å². The van der Waals surface area contributed by atoms with Crippen LogP contribution in [0.5, 0.6) is 0 Å². The van der Waals surface area contributed by atoms with E-state index in [9.17, 15) is 4.79 Å². The van der Waals surface area contributed by atoms with Crippen molar-refractivity contribution in [3.63, 3.8) is 0 Å². The zero-order valence-electron chi connectivity index (χ0n) is 13.2. The Labute approximate surface area is 154 Å². The van der Waals surface area contributed by atoms with Crippen molar-refractivity contribution < 1.29 is 4.79 Å². The molecular formula is C18H21Cl2N3O. The third-order valence-electron chi connectivity index (χ3n) is 5.07. The Morgan fingerprint density at radius 3 is 2.62 bits per heavy atom. The van der Waals surface area contributed by atoms with Gasteiger partial charge in [0.15, 0.2) is 0 Å². The molecule has 0 saturated carbocycles. The van der Waals surface area contributed by atoms with Crippen molar-refractivity contribution in [3.8, 4) is 0 Å². The number of hydrogen-bond donors (Lipinski definition) is 1. The lowest BCUT2D eigenvalue weighted by molar-refractivity contribution is -0.125. The van der Waals surface area contributed by atoms with E-state index in [0.29, 0.717) is 0 Å². The van der Waals surface area contributed by atoms with Gasteiger partial charge < -0.3 is 10.2 Å². The third kappa shape index (κ3) is 2.90. The SMILES string of the molecule is Cl.Cl.O=C1N(c2cccnc2)CC[C@]12CNC[C@H]2c1ccccc1. The van der Waals surface area contributed by atoms with E-state index in [-0.39, 0.29) is 42.1 Å². The van der Waals surface area contributed by atoms with E-state index in [1.54, 1.807) is 12.4 Å².